The number of aryl methyl sites for hydroxylation is 1. The standard InChI is InChI=1S/C15H16F3N3O2/c16-15(17,18)10-21-7-6-19-13(21)9-20-12-3-1-2-11(8-12)4-5-14(22)23/h1-3,6-8,20H,4-5,9-10H2,(H,22,23). The van der Waals surface area contributed by atoms with Crippen LogP contribution in [0, 0.1) is 0 Å². The summed E-state index contributed by atoms with van der Waals surface area (Å²) >= 11 is 0. The number of carboxylic acids is 1. The molecular weight excluding hydrogens is 311 g/mol. The lowest BCUT2D eigenvalue weighted by Crippen LogP contribution is -2.20. The second-order valence-electron chi connectivity index (χ2n) is 5.03. The third kappa shape index (κ3) is 5.65. The molecule has 0 fully saturated rings. The molecule has 0 bridgehead atoms. The van der Waals surface area contributed by atoms with Gasteiger partial charge in [-0.15, -0.1) is 0 Å². The highest BCUT2D eigenvalue weighted by Gasteiger charge is 2.28. The molecule has 0 aliphatic carbocycles. The number of nitrogens with zero attached hydrogens (tertiary/aromatic N) is 2. The number of aliphatic carboxylic acids is 1. The lowest BCUT2D eigenvalue weighted by Gasteiger charge is -2.12. The Kier molecular flexibility index (Phi) is 5.25. The number of aromatic nitrogens is 2. The summed E-state index contributed by atoms with van der Waals surface area (Å²) < 4.78 is 38.4. The first-order valence-electron chi connectivity index (χ1n) is 6.95. The van der Waals surface area contributed by atoms with Gasteiger partial charge in [-0.05, 0) is 24.1 Å². The molecule has 23 heavy (non-hydrogen) atoms. The van der Waals surface area contributed by atoms with E-state index < -0.39 is 18.7 Å². The number of carbonyl (C=O) groups is 1. The van der Waals surface area contributed by atoms with Crippen LogP contribution in [-0.4, -0.2) is 26.8 Å². The molecule has 0 unspecified atom stereocenters. The van der Waals surface area contributed by atoms with Crippen molar-refractivity contribution in [3.05, 3.63) is 48.0 Å². The molecule has 2 rings (SSSR count). The highest BCUT2D eigenvalue weighted by molar-refractivity contribution is 5.67. The zero-order chi connectivity index (χ0) is 16.9. The topological polar surface area (TPSA) is 67.2 Å². The van der Waals surface area contributed by atoms with Crippen molar-refractivity contribution in [2.24, 2.45) is 0 Å². The number of carboxylic acid groups (broad SMARTS) is 1. The van der Waals surface area contributed by atoms with Gasteiger partial charge in [0.05, 0.1) is 6.54 Å². The van der Waals surface area contributed by atoms with Gasteiger partial charge >= 0.3 is 12.1 Å². The van der Waals surface area contributed by atoms with Gasteiger partial charge in [0.2, 0.25) is 0 Å². The van der Waals surface area contributed by atoms with Crippen molar-refractivity contribution >= 4 is 11.7 Å². The van der Waals surface area contributed by atoms with Gasteiger partial charge in [0.15, 0.2) is 0 Å². The second kappa shape index (κ2) is 7.17. The minimum absolute atomic E-state index is 0.0272. The Morgan fingerprint density at radius 1 is 1.35 bits per heavy atom. The van der Waals surface area contributed by atoms with Crippen LogP contribution >= 0.6 is 0 Å². The van der Waals surface area contributed by atoms with Crippen LogP contribution in [0.15, 0.2) is 36.7 Å². The molecule has 0 saturated heterocycles. The summed E-state index contributed by atoms with van der Waals surface area (Å²) in [5.74, 6) is -0.601. The molecule has 2 N–H and O–H groups in total. The Morgan fingerprint density at radius 3 is 2.83 bits per heavy atom. The van der Waals surface area contributed by atoms with E-state index in [1.165, 1.54) is 12.4 Å². The molecule has 0 radical (unpaired) electrons. The number of benzene rings is 1. The molecule has 1 aromatic carbocycles. The summed E-state index contributed by atoms with van der Waals surface area (Å²) in [5.41, 5.74) is 1.55. The predicted octanol–water partition coefficient (Wildman–Crippen LogP) is 3.07. The van der Waals surface area contributed by atoms with Crippen LogP contribution in [0.3, 0.4) is 0 Å². The first-order chi connectivity index (χ1) is 10.8. The van der Waals surface area contributed by atoms with Gasteiger partial charge in [-0.25, -0.2) is 4.98 Å². The van der Waals surface area contributed by atoms with Gasteiger partial charge in [-0.2, -0.15) is 13.2 Å². The average molecular weight is 327 g/mol. The van der Waals surface area contributed by atoms with Crippen molar-refractivity contribution in [3.63, 3.8) is 0 Å². The maximum absolute atomic E-state index is 12.4. The smallest absolute Gasteiger partial charge is 0.406 e. The lowest BCUT2D eigenvalue weighted by atomic mass is 10.1. The van der Waals surface area contributed by atoms with Crippen LogP contribution < -0.4 is 5.32 Å². The summed E-state index contributed by atoms with van der Waals surface area (Å²) in [7, 11) is 0. The first-order valence-corrected chi connectivity index (χ1v) is 6.95. The van der Waals surface area contributed by atoms with Gasteiger partial charge in [-0.3, -0.25) is 4.79 Å². The maximum Gasteiger partial charge on any atom is 0.406 e. The van der Waals surface area contributed by atoms with Crippen molar-refractivity contribution in [1.29, 1.82) is 0 Å². The molecule has 0 spiro atoms. The number of halogens is 3. The van der Waals surface area contributed by atoms with E-state index in [0.717, 1.165) is 10.1 Å². The minimum atomic E-state index is -4.30. The van der Waals surface area contributed by atoms with Crippen molar-refractivity contribution in [1.82, 2.24) is 9.55 Å². The van der Waals surface area contributed by atoms with Crippen LogP contribution in [0.4, 0.5) is 18.9 Å². The van der Waals surface area contributed by atoms with E-state index in [0.29, 0.717) is 12.1 Å². The number of imidazole rings is 1. The first kappa shape index (κ1) is 16.9. The van der Waals surface area contributed by atoms with Gasteiger partial charge in [0, 0.05) is 24.5 Å². The van der Waals surface area contributed by atoms with Crippen molar-refractivity contribution in [2.45, 2.75) is 32.1 Å². The van der Waals surface area contributed by atoms with E-state index >= 15 is 0 Å². The quantitative estimate of drug-likeness (QED) is 0.820. The van der Waals surface area contributed by atoms with Crippen LogP contribution in [0.25, 0.3) is 0 Å². The van der Waals surface area contributed by atoms with Gasteiger partial charge in [-0.1, -0.05) is 12.1 Å². The van der Waals surface area contributed by atoms with Crippen molar-refractivity contribution < 1.29 is 23.1 Å². The Balaban J connectivity index is 1.97. The summed E-state index contributed by atoms with van der Waals surface area (Å²) in [6, 6.07) is 7.11. The van der Waals surface area contributed by atoms with Crippen LogP contribution in [0.5, 0.6) is 0 Å². The Bertz CT molecular complexity index is 668. The maximum atomic E-state index is 12.4. The number of alkyl halides is 3. The Morgan fingerprint density at radius 2 is 2.13 bits per heavy atom. The highest BCUT2D eigenvalue weighted by atomic mass is 19.4. The van der Waals surface area contributed by atoms with Crippen molar-refractivity contribution in [2.75, 3.05) is 5.32 Å². The second-order valence-corrected chi connectivity index (χ2v) is 5.03. The average Bonchev–Trinajstić information content (AvgIpc) is 2.88. The number of nitrogens with one attached hydrogen (secondary N) is 1. The third-order valence-corrected chi connectivity index (χ3v) is 3.16. The predicted molar refractivity (Wildman–Crippen MR) is 78.0 cm³/mol. The van der Waals surface area contributed by atoms with E-state index in [1.54, 1.807) is 24.3 Å². The van der Waals surface area contributed by atoms with E-state index in [-0.39, 0.29) is 18.8 Å². The molecule has 124 valence electrons. The van der Waals surface area contributed by atoms with E-state index in [2.05, 4.69) is 10.3 Å². The summed E-state index contributed by atoms with van der Waals surface area (Å²) in [4.78, 5) is 14.5. The molecule has 0 aliphatic rings. The Hall–Kier alpha value is -2.51. The third-order valence-electron chi connectivity index (χ3n) is 3.16. The van der Waals surface area contributed by atoms with Crippen LogP contribution in [0.1, 0.15) is 17.8 Å². The van der Waals surface area contributed by atoms with Crippen LogP contribution in [-0.2, 0) is 24.3 Å². The van der Waals surface area contributed by atoms with Gasteiger partial charge in [0.1, 0.15) is 12.4 Å². The van der Waals surface area contributed by atoms with Gasteiger partial charge in [0.25, 0.3) is 0 Å². The molecule has 8 heteroatoms. The Labute approximate surface area is 130 Å². The molecule has 1 heterocycles. The number of hydrogen-bond acceptors (Lipinski definition) is 3. The number of rotatable bonds is 7. The normalized spacial score (nSPS) is 11.4. The highest BCUT2D eigenvalue weighted by Crippen LogP contribution is 2.19. The fourth-order valence-electron chi connectivity index (χ4n) is 2.11. The molecule has 0 saturated carbocycles. The van der Waals surface area contributed by atoms with Crippen molar-refractivity contribution in [3.8, 4) is 0 Å². The minimum Gasteiger partial charge on any atom is -0.481 e. The number of hydrogen-bond donors (Lipinski definition) is 2. The van der Waals surface area contributed by atoms with E-state index in [4.69, 9.17) is 5.11 Å². The summed E-state index contributed by atoms with van der Waals surface area (Å²) in [6.07, 6.45) is -1.26. The lowest BCUT2D eigenvalue weighted by molar-refractivity contribution is -0.141. The largest absolute Gasteiger partial charge is 0.481 e. The molecule has 1 aromatic heterocycles. The summed E-state index contributed by atoms with van der Waals surface area (Å²) in [5, 5.41) is 11.7. The van der Waals surface area contributed by atoms with E-state index in [1.807, 2.05) is 0 Å². The molecule has 2 aromatic rings. The van der Waals surface area contributed by atoms with E-state index in [9.17, 15) is 18.0 Å². The van der Waals surface area contributed by atoms with Gasteiger partial charge < -0.3 is 15.0 Å². The fraction of sp³-hybridized carbons (Fsp3) is 0.333. The summed E-state index contributed by atoms with van der Waals surface area (Å²) in [6.45, 7) is -0.936. The zero-order valence-corrected chi connectivity index (χ0v) is 12.2. The fourth-order valence-corrected chi connectivity index (χ4v) is 2.11. The SMILES string of the molecule is O=C(O)CCc1cccc(NCc2nccn2CC(F)(F)F)c1. The molecule has 0 aliphatic heterocycles. The molecule has 0 amide bonds. The van der Waals surface area contributed by atoms with Crippen LogP contribution in [0.2, 0.25) is 0 Å². The zero-order valence-electron chi connectivity index (χ0n) is 12.2. The number of anilines is 1. The monoisotopic (exact) mass is 327 g/mol. The molecule has 0 atom stereocenters. The molecule has 5 nitrogen and oxygen atoms in total. The molecular formula is C15H16F3N3O2.